The summed E-state index contributed by atoms with van der Waals surface area (Å²) in [7, 11) is 1.65. The van der Waals surface area contributed by atoms with Gasteiger partial charge in [0.1, 0.15) is 5.82 Å². The van der Waals surface area contributed by atoms with Crippen LogP contribution in [-0.4, -0.2) is 40.3 Å². The van der Waals surface area contributed by atoms with Crippen LogP contribution in [0, 0.1) is 0 Å². The third-order valence-corrected chi connectivity index (χ3v) is 2.94. The number of imidazole rings is 1. The molecule has 4 N–H and O–H groups in total. The van der Waals surface area contributed by atoms with Crippen LogP contribution in [0.1, 0.15) is 16.2 Å². The van der Waals surface area contributed by atoms with Crippen molar-refractivity contribution in [1.29, 1.82) is 0 Å². The van der Waals surface area contributed by atoms with Gasteiger partial charge in [0.25, 0.3) is 5.91 Å². The largest absolute Gasteiger partial charge is 0.399 e. The molecule has 0 saturated heterocycles. The molecule has 7 nitrogen and oxygen atoms in total. The van der Waals surface area contributed by atoms with Gasteiger partial charge in [-0.2, -0.15) is 0 Å². The van der Waals surface area contributed by atoms with Crippen LogP contribution in [0.15, 0.2) is 36.7 Å². The number of carbonyl (C=O) groups is 2. The second kappa shape index (κ2) is 6.56. The molecule has 7 heteroatoms. The lowest BCUT2D eigenvalue weighted by molar-refractivity contribution is -0.129. The minimum absolute atomic E-state index is 0.0690. The Morgan fingerprint density at radius 3 is 2.67 bits per heavy atom. The molecule has 1 heterocycles. The zero-order valence-corrected chi connectivity index (χ0v) is 11.7. The van der Waals surface area contributed by atoms with E-state index in [9.17, 15) is 9.59 Å². The standard InChI is InChI=1S/C14H17N5O2/c1-19(9-12-16-6-7-17-12)13(20)8-18-14(21)10-2-4-11(15)5-3-10/h2-7H,8-9,15H2,1H3,(H,16,17)(H,18,21). The van der Waals surface area contributed by atoms with Crippen molar-refractivity contribution in [3.8, 4) is 0 Å². The van der Waals surface area contributed by atoms with Gasteiger partial charge in [-0.3, -0.25) is 9.59 Å². The monoisotopic (exact) mass is 287 g/mol. The number of H-pyrrole nitrogens is 1. The Balaban J connectivity index is 1.83. The van der Waals surface area contributed by atoms with E-state index >= 15 is 0 Å². The number of nitrogens with two attached hydrogens (primary N) is 1. The molecule has 0 fully saturated rings. The number of benzene rings is 1. The molecule has 0 saturated carbocycles. The Kier molecular flexibility index (Phi) is 4.55. The Hall–Kier alpha value is -2.83. The van der Waals surface area contributed by atoms with Crippen LogP contribution in [0.5, 0.6) is 0 Å². The predicted molar refractivity (Wildman–Crippen MR) is 78.2 cm³/mol. The van der Waals surface area contributed by atoms with Gasteiger partial charge in [-0.15, -0.1) is 0 Å². The highest BCUT2D eigenvalue weighted by Gasteiger charge is 2.12. The van der Waals surface area contributed by atoms with Crippen molar-refractivity contribution in [3.05, 3.63) is 48.0 Å². The van der Waals surface area contributed by atoms with Gasteiger partial charge in [-0.1, -0.05) is 0 Å². The average Bonchev–Trinajstić information content (AvgIpc) is 2.98. The molecule has 1 aromatic carbocycles. The van der Waals surface area contributed by atoms with E-state index in [2.05, 4.69) is 15.3 Å². The maximum absolute atomic E-state index is 11.9. The van der Waals surface area contributed by atoms with Crippen molar-refractivity contribution in [1.82, 2.24) is 20.2 Å². The first-order chi connectivity index (χ1) is 10.1. The molecular weight excluding hydrogens is 270 g/mol. The van der Waals surface area contributed by atoms with Crippen molar-refractivity contribution >= 4 is 17.5 Å². The molecule has 0 radical (unpaired) electrons. The number of aromatic nitrogens is 2. The molecule has 110 valence electrons. The Labute approximate surface area is 122 Å². The van der Waals surface area contributed by atoms with Crippen LogP contribution in [-0.2, 0) is 11.3 Å². The van der Waals surface area contributed by atoms with Crippen molar-refractivity contribution in [2.24, 2.45) is 0 Å². The van der Waals surface area contributed by atoms with Gasteiger partial charge in [0.05, 0.1) is 13.1 Å². The molecule has 0 aliphatic carbocycles. The lowest BCUT2D eigenvalue weighted by atomic mass is 10.2. The second-order valence-electron chi connectivity index (χ2n) is 4.59. The number of aromatic amines is 1. The highest BCUT2D eigenvalue weighted by molar-refractivity contribution is 5.96. The predicted octanol–water partition coefficient (Wildman–Crippen LogP) is 0.380. The normalized spacial score (nSPS) is 10.1. The fourth-order valence-electron chi connectivity index (χ4n) is 1.72. The fourth-order valence-corrected chi connectivity index (χ4v) is 1.72. The Morgan fingerprint density at radius 1 is 1.33 bits per heavy atom. The average molecular weight is 287 g/mol. The van der Waals surface area contributed by atoms with Crippen molar-refractivity contribution < 1.29 is 9.59 Å². The maximum atomic E-state index is 11.9. The third-order valence-electron chi connectivity index (χ3n) is 2.94. The van der Waals surface area contributed by atoms with Crippen molar-refractivity contribution in [2.75, 3.05) is 19.3 Å². The summed E-state index contributed by atoms with van der Waals surface area (Å²) in [5.74, 6) is 0.181. The first-order valence-electron chi connectivity index (χ1n) is 6.42. The zero-order valence-electron chi connectivity index (χ0n) is 11.7. The molecule has 0 atom stereocenters. The van der Waals surface area contributed by atoms with Crippen LogP contribution >= 0.6 is 0 Å². The first kappa shape index (κ1) is 14.6. The quantitative estimate of drug-likeness (QED) is 0.691. The van der Waals surface area contributed by atoms with E-state index in [1.54, 1.807) is 43.7 Å². The van der Waals surface area contributed by atoms with Crippen LogP contribution < -0.4 is 11.1 Å². The topological polar surface area (TPSA) is 104 Å². The summed E-state index contributed by atoms with van der Waals surface area (Å²) < 4.78 is 0. The molecule has 0 spiro atoms. The van der Waals surface area contributed by atoms with E-state index in [1.165, 1.54) is 4.90 Å². The number of nitrogens with zero attached hydrogens (tertiary/aromatic N) is 2. The SMILES string of the molecule is CN(Cc1ncc[nH]1)C(=O)CNC(=O)c1ccc(N)cc1. The fraction of sp³-hybridized carbons (Fsp3) is 0.214. The number of anilines is 1. The summed E-state index contributed by atoms with van der Waals surface area (Å²) in [6.07, 6.45) is 3.31. The minimum atomic E-state index is -0.310. The van der Waals surface area contributed by atoms with E-state index in [0.717, 1.165) is 0 Å². The summed E-state index contributed by atoms with van der Waals surface area (Å²) in [4.78, 5) is 32.2. The van der Waals surface area contributed by atoms with Crippen LogP contribution in [0.2, 0.25) is 0 Å². The summed E-state index contributed by atoms with van der Waals surface area (Å²) >= 11 is 0. The molecule has 2 amide bonds. The van der Waals surface area contributed by atoms with Gasteiger partial charge in [0.2, 0.25) is 5.91 Å². The molecule has 21 heavy (non-hydrogen) atoms. The second-order valence-corrected chi connectivity index (χ2v) is 4.59. The number of nitrogen functional groups attached to an aromatic ring is 1. The molecule has 0 unspecified atom stereocenters. The highest BCUT2D eigenvalue weighted by Crippen LogP contribution is 2.05. The number of nitrogens with one attached hydrogen (secondary N) is 2. The summed E-state index contributed by atoms with van der Waals surface area (Å²) in [5, 5.41) is 2.58. The van der Waals surface area contributed by atoms with E-state index < -0.39 is 0 Å². The zero-order chi connectivity index (χ0) is 15.2. The molecule has 1 aromatic heterocycles. The Morgan fingerprint density at radius 2 is 2.05 bits per heavy atom. The summed E-state index contributed by atoms with van der Waals surface area (Å²) in [6.45, 7) is 0.296. The number of likely N-dealkylation sites (N-methyl/N-ethyl adjacent to an activating group) is 1. The number of carbonyl (C=O) groups excluding carboxylic acids is 2. The lowest BCUT2D eigenvalue weighted by Crippen LogP contribution is -2.38. The van der Waals surface area contributed by atoms with Gasteiger partial charge >= 0.3 is 0 Å². The van der Waals surface area contributed by atoms with E-state index in [4.69, 9.17) is 5.73 Å². The van der Waals surface area contributed by atoms with E-state index in [1.807, 2.05) is 0 Å². The number of hydrogen-bond donors (Lipinski definition) is 3. The van der Waals surface area contributed by atoms with Gasteiger partial charge in [-0.05, 0) is 24.3 Å². The number of amides is 2. The smallest absolute Gasteiger partial charge is 0.251 e. The maximum Gasteiger partial charge on any atom is 0.251 e. The van der Waals surface area contributed by atoms with Gasteiger partial charge < -0.3 is 20.9 Å². The van der Waals surface area contributed by atoms with Gasteiger partial charge in [-0.25, -0.2) is 4.98 Å². The molecule has 0 bridgehead atoms. The van der Waals surface area contributed by atoms with Crippen molar-refractivity contribution in [2.45, 2.75) is 6.54 Å². The molecule has 0 aliphatic heterocycles. The van der Waals surface area contributed by atoms with Gasteiger partial charge in [0.15, 0.2) is 0 Å². The summed E-state index contributed by atoms with van der Waals surface area (Å²) in [5.41, 5.74) is 6.60. The third kappa shape index (κ3) is 4.07. The number of hydrogen-bond acceptors (Lipinski definition) is 4. The summed E-state index contributed by atoms with van der Waals surface area (Å²) in [6, 6.07) is 6.50. The van der Waals surface area contributed by atoms with Gasteiger partial charge in [0, 0.05) is 30.7 Å². The Bertz CT molecular complexity index is 607. The highest BCUT2D eigenvalue weighted by atomic mass is 16.2. The number of rotatable bonds is 5. The van der Waals surface area contributed by atoms with Crippen LogP contribution in [0.25, 0.3) is 0 Å². The first-order valence-corrected chi connectivity index (χ1v) is 6.42. The van der Waals surface area contributed by atoms with Crippen molar-refractivity contribution in [3.63, 3.8) is 0 Å². The lowest BCUT2D eigenvalue weighted by Gasteiger charge is -2.16. The minimum Gasteiger partial charge on any atom is -0.399 e. The van der Waals surface area contributed by atoms with E-state index in [-0.39, 0.29) is 18.4 Å². The van der Waals surface area contributed by atoms with Crippen LogP contribution in [0.4, 0.5) is 5.69 Å². The molecule has 0 aliphatic rings. The molecule has 2 rings (SSSR count). The van der Waals surface area contributed by atoms with E-state index in [0.29, 0.717) is 23.6 Å². The molecule has 2 aromatic rings. The molecular formula is C14H17N5O2. The van der Waals surface area contributed by atoms with Crippen LogP contribution in [0.3, 0.4) is 0 Å².